The number of hydrogen-bond acceptors (Lipinski definition) is 2. The van der Waals surface area contributed by atoms with Crippen molar-refractivity contribution in [1.29, 1.82) is 0 Å². The van der Waals surface area contributed by atoms with Crippen molar-refractivity contribution in [3.8, 4) is 0 Å². The van der Waals surface area contributed by atoms with Crippen LogP contribution >= 0.6 is 0 Å². The predicted molar refractivity (Wildman–Crippen MR) is 101 cm³/mol. The Balaban J connectivity index is 2.49. The average molecular weight is 336 g/mol. The normalized spacial score (nSPS) is 11.4. The van der Waals surface area contributed by atoms with E-state index >= 15 is 0 Å². The number of rotatable bonds is 8. The van der Waals surface area contributed by atoms with Gasteiger partial charge in [-0.3, -0.25) is 4.79 Å². The molecule has 1 N–H and O–H groups in total. The average Bonchev–Trinajstić information content (AvgIpc) is 2.61. The van der Waals surface area contributed by atoms with E-state index in [0.29, 0.717) is 12.0 Å². The molecule has 0 atom stereocenters. The van der Waals surface area contributed by atoms with Crippen molar-refractivity contribution in [2.24, 2.45) is 0 Å². The second-order valence-corrected chi connectivity index (χ2v) is 6.09. The number of aryl methyl sites for hydroxylation is 1. The van der Waals surface area contributed by atoms with Crippen LogP contribution in [0.15, 0.2) is 54.1 Å². The Kier molecular flexibility index (Phi) is 6.70. The molecule has 0 aliphatic rings. The molecule has 3 nitrogen and oxygen atoms in total. The van der Waals surface area contributed by atoms with Crippen LogP contribution in [0.25, 0.3) is 6.08 Å². The quantitative estimate of drug-likeness (QED) is 0.518. The zero-order valence-corrected chi connectivity index (χ0v) is 14.8. The summed E-state index contributed by atoms with van der Waals surface area (Å²) in [4.78, 5) is 24.7. The van der Waals surface area contributed by atoms with E-state index in [1.54, 1.807) is 18.2 Å². The maximum atomic E-state index is 13.1. The van der Waals surface area contributed by atoms with E-state index in [9.17, 15) is 14.7 Å². The summed E-state index contributed by atoms with van der Waals surface area (Å²) in [6.07, 6.45) is 5.07. The van der Waals surface area contributed by atoms with E-state index in [4.69, 9.17) is 0 Å². The van der Waals surface area contributed by atoms with Gasteiger partial charge in [0.25, 0.3) is 0 Å². The molecule has 0 bridgehead atoms. The summed E-state index contributed by atoms with van der Waals surface area (Å²) in [5.41, 5.74) is 2.94. The van der Waals surface area contributed by atoms with Crippen LogP contribution in [0, 0.1) is 0 Å². The minimum Gasteiger partial charge on any atom is -0.478 e. The second kappa shape index (κ2) is 8.97. The van der Waals surface area contributed by atoms with E-state index in [1.807, 2.05) is 43.3 Å². The molecule has 0 unspecified atom stereocenters. The smallest absolute Gasteiger partial charge is 0.336 e. The summed E-state index contributed by atoms with van der Waals surface area (Å²) in [6, 6.07) is 14.7. The van der Waals surface area contributed by atoms with Crippen molar-refractivity contribution in [1.82, 2.24) is 0 Å². The first-order chi connectivity index (χ1) is 12.1. The van der Waals surface area contributed by atoms with Crippen molar-refractivity contribution in [2.75, 3.05) is 0 Å². The fourth-order valence-corrected chi connectivity index (χ4v) is 2.85. The highest BCUT2D eigenvalue weighted by Crippen LogP contribution is 2.22. The molecule has 0 radical (unpaired) electrons. The van der Waals surface area contributed by atoms with Gasteiger partial charge in [0.15, 0.2) is 5.78 Å². The van der Waals surface area contributed by atoms with Crippen LogP contribution in [-0.4, -0.2) is 16.9 Å². The molecule has 0 fully saturated rings. The lowest BCUT2D eigenvalue weighted by Gasteiger charge is -2.11. The van der Waals surface area contributed by atoms with Crippen LogP contribution in [0.1, 0.15) is 65.0 Å². The molecule has 2 rings (SSSR count). The highest BCUT2D eigenvalue weighted by molar-refractivity contribution is 6.16. The molecule has 2 aromatic rings. The Morgan fingerprint density at radius 1 is 0.960 bits per heavy atom. The van der Waals surface area contributed by atoms with E-state index in [1.165, 1.54) is 0 Å². The third-order valence-corrected chi connectivity index (χ3v) is 4.05. The molecule has 130 valence electrons. The van der Waals surface area contributed by atoms with Crippen LogP contribution in [-0.2, 0) is 6.42 Å². The zero-order valence-electron chi connectivity index (χ0n) is 14.8. The second-order valence-electron chi connectivity index (χ2n) is 6.09. The topological polar surface area (TPSA) is 54.4 Å². The molecule has 0 aliphatic carbocycles. The van der Waals surface area contributed by atoms with Crippen molar-refractivity contribution in [3.63, 3.8) is 0 Å². The fraction of sp³-hybridized carbons (Fsp3) is 0.273. The summed E-state index contributed by atoms with van der Waals surface area (Å²) in [5, 5.41) is 9.47. The Hall–Kier alpha value is -2.68. The number of ketones is 1. The molecule has 3 heteroatoms. The van der Waals surface area contributed by atoms with Gasteiger partial charge in [0.05, 0.1) is 5.56 Å². The molecule has 0 aromatic heterocycles. The van der Waals surface area contributed by atoms with Gasteiger partial charge in [-0.15, -0.1) is 0 Å². The lowest BCUT2D eigenvalue weighted by Crippen LogP contribution is -2.11. The summed E-state index contributed by atoms with van der Waals surface area (Å²) < 4.78 is 0. The van der Waals surface area contributed by atoms with E-state index in [2.05, 4.69) is 6.92 Å². The fourth-order valence-electron chi connectivity index (χ4n) is 2.85. The summed E-state index contributed by atoms with van der Waals surface area (Å²) in [6.45, 7) is 4.07. The molecule has 0 aliphatic heterocycles. The van der Waals surface area contributed by atoms with Gasteiger partial charge >= 0.3 is 5.97 Å². The minimum atomic E-state index is -1.07. The molecular weight excluding hydrogens is 312 g/mol. The highest BCUT2D eigenvalue weighted by atomic mass is 16.4. The van der Waals surface area contributed by atoms with E-state index in [-0.39, 0.29) is 16.9 Å². The third-order valence-electron chi connectivity index (χ3n) is 4.05. The first kappa shape index (κ1) is 18.7. The molecule has 25 heavy (non-hydrogen) atoms. The van der Waals surface area contributed by atoms with Gasteiger partial charge < -0.3 is 5.11 Å². The Morgan fingerprint density at radius 2 is 1.68 bits per heavy atom. The Morgan fingerprint density at radius 3 is 2.28 bits per heavy atom. The largest absolute Gasteiger partial charge is 0.478 e. The van der Waals surface area contributed by atoms with Crippen LogP contribution in [0.4, 0.5) is 0 Å². The first-order valence-corrected chi connectivity index (χ1v) is 8.73. The number of benzene rings is 2. The molecule has 0 heterocycles. The minimum absolute atomic E-state index is 0.0694. The van der Waals surface area contributed by atoms with Gasteiger partial charge in [0.1, 0.15) is 0 Å². The maximum absolute atomic E-state index is 13.1. The lowest BCUT2D eigenvalue weighted by molar-refractivity contribution is 0.0692. The van der Waals surface area contributed by atoms with Gasteiger partial charge in [-0.2, -0.15) is 0 Å². The number of hydrogen-bond donors (Lipinski definition) is 1. The number of aromatic carboxylic acids is 1. The summed E-state index contributed by atoms with van der Waals surface area (Å²) in [7, 11) is 0. The standard InChI is InChI=1S/C22H24O3/c1-3-8-16-12-13-19(22(24)25)20(15-16)21(23)18(9-4-2)14-17-10-6-5-7-11-17/h5-7,10-15H,3-4,8-9H2,1-2H3,(H,24,25). The highest BCUT2D eigenvalue weighted by Gasteiger charge is 2.20. The molecule has 0 amide bonds. The molecule has 2 aromatic carbocycles. The number of allylic oxidation sites excluding steroid dienone is 1. The van der Waals surface area contributed by atoms with E-state index < -0.39 is 5.97 Å². The third kappa shape index (κ3) is 4.90. The van der Waals surface area contributed by atoms with Gasteiger partial charge in [-0.1, -0.05) is 63.1 Å². The van der Waals surface area contributed by atoms with Crippen LogP contribution in [0.5, 0.6) is 0 Å². The summed E-state index contributed by atoms with van der Waals surface area (Å²) in [5.74, 6) is -1.26. The van der Waals surface area contributed by atoms with E-state index in [0.717, 1.165) is 30.4 Å². The number of Topliss-reactive ketones (excluding diaryl/α,β-unsaturated/α-hetero) is 1. The van der Waals surface area contributed by atoms with Gasteiger partial charge in [0.2, 0.25) is 0 Å². The van der Waals surface area contributed by atoms with Crippen molar-refractivity contribution >= 4 is 17.8 Å². The molecular formula is C22H24O3. The van der Waals surface area contributed by atoms with Gasteiger partial charge in [-0.05, 0) is 42.2 Å². The number of carbonyl (C=O) groups is 2. The predicted octanol–water partition coefficient (Wildman–Crippen LogP) is 5.40. The molecule has 0 spiro atoms. The number of carboxylic acids is 1. The SMILES string of the molecule is CCCC(=Cc1ccccc1)C(=O)c1cc(CCC)ccc1C(=O)O. The Bertz CT molecular complexity index is 773. The number of carbonyl (C=O) groups excluding carboxylic acids is 1. The molecule has 0 saturated heterocycles. The van der Waals surface area contributed by atoms with Crippen molar-refractivity contribution in [2.45, 2.75) is 39.5 Å². The van der Waals surface area contributed by atoms with Crippen LogP contribution in [0.3, 0.4) is 0 Å². The molecule has 0 saturated carbocycles. The lowest BCUT2D eigenvalue weighted by atomic mass is 9.92. The van der Waals surface area contributed by atoms with Crippen molar-refractivity contribution < 1.29 is 14.7 Å². The summed E-state index contributed by atoms with van der Waals surface area (Å²) >= 11 is 0. The van der Waals surface area contributed by atoms with Crippen LogP contribution < -0.4 is 0 Å². The van der Waals surface area contributed by atoms with Gasteiger partial charge in [0, 0.05) is 11.1 Å². The monoisotopic (exact) mass is 336 g/mol. The van der Waals surface area contributed by atoms with Crippen molar-refractivity contribution in [3.05, 3.63) is 76.4 Å². The van der Waals surface area contributed by atoms with Crippen LogP contribution in [0.2, 0.25) is 0 Å². The zero-order chi connectivity index (χ0) is 18.2. The maximum Gasteiger partial charge on any atom is 0.336 e. The first-order valence-electron chi connectivity index (χ1n) is 8.73. The Labute approximate surface area is 149 Å². The number of carboxylic acid groups (broad SMARTS) is 1. The van der Waals surface area contributed by atoms with Gasteiger partial charge in [-0.25, -0.2) is 4.79 Å².